The third kappa shape index (κ3) is 1.84. The van der Waals surface area contributed by atoms with Crippen LogP contribution in [0.5, 0.6) is 0 Å². The zero-order valence-electron chi connectivity index (χ0n) is 11.8. The maximum Gasteiger partial charge on any atom is 0.309 e. The van der Waals surface area contributed by atoms with Gasteiger partial charge in [0.05, 0.1) is 12.0 Å². The molecule has 2 aliphatic carbocycles. The number of fused-ring (bicyclic) bond motifs is 3. The molecule has 3 aliphatic rings. The van der Waals surface area contributed by atoms with Crippen molar-refractivity contribution in [3.63, 3.8) is 0 Å². The quantitative estimate of drug-likeness (QED) is 0.656. The highest BCUT2D eigenvalue weighted by molar-refractivity contribution is 6.09. The Morgan fingerprint density at radius 2 is 1.95 bits per heavy atom. The van der Waals surface area contributed by atoms with Gasteiger partial charge in [-0.2, -0.15) is 0 Å². The second-order valence-corrected chi connectivity index (χ2v) is 5.96. The summed E-state index contributed by atoms with van der Waals surface area (Å²) in [4.78, 5) is 23.9. The molecule has 20 heavy (non-hydrogen) atoms. The van der Waals surface area contributed by atoms with Crippen LogP contribution in [-0.2, 0) is 14.3 Å². The lowest BCUT2D eigenvalue weighted by Crippen LogP contribution is -2.35. The molecule has 1 unspecified atom stereocenters. The molecule has 0 amide bonds. The summed E-state index contributed by atoms with van der Waals surface area (Å²) in [7, 11) is 0. The Labute approximate surface area is 117 Å². The Morgan fingerprint density at radius 3 is 2.60 bits per heavy atom. The molecule has 1 saturated heterocycles. The number of esters is 1. The number of ether oxygens (including phenoxy) is 1. The van der Waals surface area contributed by atoms with E-state index in [4.69, 9.17) is 4.74 Å². The largest absolute Gasteiger partial charge is 0.461 e. The van der Waals surface area contributed by atoms with Crippen LogP contribution in [0.3, 0.4) is 0 Å². The second-order valence-electron chi connectivity index (χ2n) is 5.96. The van der Waals surface area contributed by atoms with Gasteiger partial charge in [-0.3, -0.25) is 9.59 Å². The molecule has 0 spiro atoms. The maximum atomic E-state index is 12.1. The summed E-state index contributed by atoms with van der Waals surface area (Å²) in [5.41, 5.74) is 2.59. The van der Waals surface area contributed by atoms with E-state index in [1.807, 2.05) is 13.8 Å². The predicted molar refractivity (Wildman–Crippen MR) is 71.7 cm³/mol. The fraction of sp³-hybridized carbons (Fsp3) is 0.600. The molecule has 1 aliphatic heterocycles. The average Bonchev–Trinajstić information content (AvgIpc) is 2.72. The zero-order valence-corrected chi connectivity index (χ0v) is 11.8. The van der Waals surface area contributed by atoms with E-state index < -0.39 is 12.2 Å². The van der Waals surface area contributed by atoms with E-state index >= 15 is 0 Å². The van der Waals surface area contributed by atoms with E-state index in [9.17, 15) is 14.7 Å². The van der Waals surface area contributed by atoms with Crippen molar-refractivity contribution in [2.75, 3.05) is 0 Å². The SMILES string of the molecule is CC1=CC(=O)C2=C(C)C[C@H](O)[C@H]3[C@H](C)C(=O)O[C@@H]3C12.O. The third-order valence-electron chi connectivity index (χ3n) is 4.75. The van der Waals surface area contributed by atoms with Gasteiger partial charge < -0.3 is 15.3 Å². The second kappa shape index (κ2) is 4.82. The molecule has 3 rings (SSSR count). The van der Waals surface area contributed by atoms with Crippen LogP contribution in [0, 0.1) is 17.8 Å². The van der Waals surface area contributed by atoms with Gasteiger partial charge in [-0.1, -0.05) is 18.1 Å². The molecule has 5 heteroatoms. The van der Waals surface area contributed by atoms with Crippen molar-refractivity contribution in [2.24, 2.45) is 17.8 Å². The minimum atomic E-state index is -0.620. The topological polar surface area (TPSA) is 95.1 Å². The fourth-order valence-corrected chi connectivity index (χ4v) is 3.82. The number of allylic oxidation sites excluding steroid dienone is 1. The van der Waals surface area contributed by atoms with Gasteiger partial charge in [-0.25, -0.2) is 0 Å². The number of hydrogen-bond donors (Lipinski definition) is 1. The summed E-state index contributed by atoms with van der Waals surface area (Å²) >= 11 is 0. The molecular formula is C15H20O5. The molecular weight excluding hydrogens is 260 g/mol. The van der Waals surface area contributed by atoms with E-state index in [1.165, 1.54) is 0 Å². The Bertz CT molecular complexity index is 530. The maximum absolute atomic E-state index is 12.1. The summed E-state index contributed by atoms with van der Waals surface area (Å²) in [6, 6.07) is 0. The van der Waals surface area contributed by atoms with Crippen LogP contribution in [0.2, 0.25) is 0 Å². The van der Waals surface area contributed by atoms with Crippen LogP contribution in [-0.4, -0.2) is 34.5 Å². The first kappa shape index (κ1) is 14.9. The van der Waals surface area contributed by atoms with Gasteiger partial charge in [-0.05, 0) is 26.3 Å². The third-order valence-corrected chi connectivity index (χ3v) is 4.75. The first-order chi connectivity index (χ1) is 8.91. The monoisotopic (exact) mass is 280 g/mol. The Kier molecular flexibility index (Phi) is 3.60. The van der Waals surface area contributed by atoms with Gasteiger partial charge in [-0.15, -0.1) is 0 Å². The number of carbonyl (C=O) groups excluding carboxylic acids is 2. The number of rotatable bonds is 0. The van der Waals surface area contributed by atoms with E-state index in [2.05, 4.69) is 0 Å². The molecule has 0 saturated carbocycles. The number of carbonyl (C=O) groups is 2. The summed E-state index contributed by atoms with van der Waals surface area (Å²) in [6.07, 6.45) is 1.06. The van der Waals surface area contributed by atoms with Crippen molar-refractivity contribution in [1.29, 1.82) is 0 Å². The summed E-state index contributed by atoms with van der Waals surface area (Å²) < 4.78 is 5.48. The van der Waals surface area contributed by atoms with Crippen LogP contribution in [0.4, 0.5) is 0 Å². The summed E-state index contributed by atoms with van der Waals surface area (Å²) in [5, 5.41) is 10.3. The van der Waals surface area contributed by atoms with Gasteiger partial charge in [0, 0.05) is 17.4 Å². The Hall–Kier alpha value is -1.46. The lowest BCUT2D eigenvalue weighted by Gasteiger charge is -2.26. The van der Waals surface area contributed by atoms with Crippen LogP contribution >= 0.6 is 0 Å². The molecule has 1 heterocycles. The Balaban J connectivity index is 0.00000147. The summed E-state index contributed by atoms with van der Waals surface area (Å²) in [5.74, 6) is -0.957. The highest BCUT2D eigenvalue weighted by Gasteiger charge is 2.53. The van der Waals surface area contributed by atoms with Crippen LogP contribution < -0.4 is 0 Å². The molecule has 0 aromatic rings. The molecule has 3 N–H and O–H groups in total. The van der Waals surface area contributed by atoms with Crippen molar-refractivity contribution in [3.05, 3.63) is 22.8 Å². The standard InChI is InChI=1S/C15H18O4.H2O/c1-6-4-10(17)13-8(3)15(18)19-14(13)12-7(2)5-9(16)11(6)12;/h5,8,10,12-14,17H,4H2,1-3H3;1H2/t8-,10-,12?,13+,14+;/m0./s1. The fourth-order valence-electron chi connectivity index (χ4n) is 3.82. The molecule has 0 aromatic carbocycles. The number of hydrogen-bond acceptors (Lipinski definition) is 4. The van der Waals surface area contributed by atoms with Crippen LogP contribution in [0.25, 0.3) is 0 Å². The van der Waals surface area contributed by atoms with E-state index in [0.717, 1.165) is 16.7 Å². The van der Waals surface area contributed by atoms with Gasteiger partial charge in [0.2, 0.25) is 0 Å². The van der Waals surface area contributed by atoms with E-state index in [1.54, 1.807) is 13.0 Å². The molecule has 5 atom stereocenters. The van der Waals surface area contributed by atoms with Crippen molar-refractivity contribution in [1.82, 2.24) is 0 Å². The van der Waals surface area contributed by atoms with Gasteiger partial charge >= 0.3 is 5.97 Å². The predicted octanol–water partition coefficient (Wildman–Crippen LogP) is 0.566. The lowest BCUT2D eigenvalue weighted by atomic mass is 9.80. The van der Waals surface area contributed by atoms with Gasteiger partial charge in [0.15, 0.2) is 5.78 Å². The molecule has 0 aromatic heterocycles. The minimum Gasteiger partial charge on any atom is -0.461 e. The van der Waals surface area contributed by atoms with Crippen molar-refractivity contribution in [2.45, 2.75) is 39.4 Å². The normalized spacial score (nSPS) is 39.6. The first-order valence-electron chi connectivity index (χ1n) is 6.72. The molecule has 0 radical (unpaired) electrons. The molecule has 1 fully saturated rings. The van der Waals surface area contributed by atoms with Gasteiger partial charge in [0.1, 0.15) is 6.10 Å². The molecule has 110 valence electrons. The van der Waals surface area contributed by atoms with Gasteiger partial charge in [0.25, 0.3) is 0 Å². The van der Waals surface area contributed by atoms with Crippen LogP contribution in [0.1, 0.15) is 27.2 Å². The number of aliphatic hydroxyl groups excluding tert-OH is 1. The summed E-state index contributed by atoms with van der Waals surface area (Å²) in [6.45, 7) is 5.59. The van der Waals surface area contributed by atoms with Crippen molar-refractivity contribution in [3.8, 4) is 0 Å². The highest BCUT2D eigenvalue weighted by atomic mass is 16.6. The molecule has 0 bridgehead atoms. The van der Waals surface area contributed by atoms with Crippen molar-refractivity contribution < 1.29 is 24.9 Å². The highest BCUT2D eigenvalue weighted by Crippen LogP contribution is 2.47. The Morgan fingerprint density at radius 1 is 1.30 bits per heavy atom. The lowest BCUT2D eigenvalue weighted by molar-refractivity contribution is -0.144. The zero-order chi connectivity index (χ0) is 13.9. The van der Waals surface area contributed by atoms with E-state index in [0.29, 0.717) is 6.42 Å². The number of aliphatic hydroxyl groups is 1. The number of ketones is 1. The van der Waals surface area contributed by atoms with Crippen molar-refractivity contribution >= 4 is 11.8 Å². The first-order valence-corrected chi connectivity index (χ1v) is 6.72. The van der Waals surface area contributed by atoms with E-state index in [-0.39, 0.29) is 35.0 Å². The molecule has 5 nitrogen and oxygen atoms in total. The average molecular weight is 280 g/mol. The smallest absolute Gasteiger partial charge is 0.309 e. The minimum absolute atomic E-state index is 0. The van der Waals surface area contributed by atoms with Crippen LogP contribution in [0.15, 0.2) is 22.8 Å².